The number of hydrogen-bond acceptors (Lipinski definition) is 3. The summed E-state index contributed by atoms with van der Waals surface area (Å²) in [6, 6.07) is 5.41. The number of allylic oxidation sites excluding steroid dienone is 1. The fraction of sp³-hybridized carbons (Fsp3) is 0.385. The third-order valence-corrected chi connectivity index (χ3v) is 2.56. The quantitative estimate of drug-likeness (QED) is 0.464. The van der Waals surface area contributed by atoms with Gasteiger partial charge < -0.3 is 5.32 Å². The fourth-order valence-corrected chi connectivity index (χ4v) is 1.62. The van der Waals surface area contributed by atoms with Crippen molar-refractivity contribution in [2.24, 2.45) is 0 Å². The van der Waals surface area contributed by atoms with Gasteiger partial charge in [-0.25, -0.2) is 0 Å². The molecule has 0 saturated carbocycles. The van der Waals surface area contributed by atoms with Gasteiger partial charge in [0.25, 0.3) is 5.69 Å². The van der Waals surface area contributed by atoms with Crippen molar-refractivity contribution in [1.82, 2.24) is 0 Å². The molecule has 1 aromatic carbocycles. The Hall–Kier alpha value is -1.84. The van der Waals surface area contributed by atoms with Crippen molar-refractivity contribution in [2.45, 2.75) is 32.7 Å². The van der Waals surface area contributed by atoms with Gasteiger partial charge in [0.2, 0.25) is 0 Å². The van der Waals surface area contributed by atoms with Crippen LogP contribution in [0.25, 0.3) is 0 Å². The van der Waals surface area contributed by atoms with Crippen molar-refractivity contribution in [3.05, 3.63) is 46.5 Å². The highest BCUT2D eigenvalue weighted by atomic mass is 16.6. The lowest BCUT2D eigenvalue weighted by Crippen LogP contribution is -2.15. The Balaban J connectivity index is 2.82. The first-order chi connectivity index (χ1) is 8.04. The van der Waals surface area contributed by atoms with E-state index in [9.17, 15) is 10.1 Å². The molecule has 1 atom stereocenters. The molecular weight excluding hydrogens is 216 g/mol. The summed E-state index contributed by atoms with van der Waals surface area (Å²) in [5.41, 5.74) is 1.61. The van der Waals surface area contributed by atoms with E-state index < -0.39 is 0 Å². The second kappa shape index (κ2) is 6.03. The van der Waals surface area contributed by atoms with E-state index in [1.54, 1.807) is 12.1 Å². The summed E-state index contributed by atoms with van der Waals surface area (Å²) in [6.45, 7) is 7.51. The second-order valence-electron chi connectivity index (χ2n) is 4.19. The minimum Gasteiger partial charge on any atom is -0.377 e. The molecule has 0 saturated heterocycles. The van der Waals surface area contributed by atoms with E-state index in [1.165, 1.54) is 0 Å². The fourth-order valence-electron chi connectivity index (χ4n) is 1.62. The molecule has 0 aliphatic rings. The lowest BCUT2D eigenvalue weighted by atomic mass is 10.1. The zero-order valence-electron chi connectivity index (χ0n) is 10.3. The standard InChI is InChI=1S/C13H18N2O2/c1-4-5-6-11(3)14-12-8-7-10(2)9-13(12)15(16)17/h4,7-9,11,14H,1,5-6H2,2-3H3. The lowest BCUT2D eigenvalue weighted by molar-refractivity contribution is -0.384. The van der Waals surface area contributed by atoms with Crippen LogP contribution < -0.4 is 5.32 Å². The van der Waals surface area contributed by atoms with Gasteiger partial charge in [-0.15, -0.1) is 6.58 Å². The van der Waals surface area contributed by atoms with E-state index in [0.717, 1.165) is 18.4 Å². The minimum absolute atomic E-state index is 0.135. The van der Waals surface area contributed by atoms with Gasteiger partial charge in [0.05, 0.1) is 4.92 Å². The van der Waals surface area contributed by atoms with Crippen LogP contribution in [0.4, 0.5) is 11.4 Å². The predicted molar refractivity (Wildman–Crippen MR) is 70.3 cm³/mol. The van der Waals surface area contributed by atoms with Crippen LogP contribution in [0, 0.1) is 17.0 Å². The Kier molecular flexibility index (Phi) is 4.69. The molecule has 0 aliphatic carbocycles. The molecule has 4 heteroatoms. The summed E-state index contributed by atoms with van der Waals surface area (Å²) in [4.78, 5) is 10.6. The second-order valence-corrected chi connectivity index (χ2v) is 4.19. The topological polar surface area (TPSA) is 55.2 Å². The van der Waals surface area contributed by atoms with E-state index >= 15 is 0 Å². The number of aryl methyl sites for hydroxylation is 1. The van der Waals surface area contributed by atoms with Crippen molar-refractivity contribution >= 4 is 11.4 Å². The van der Waals surface area contributed by atoms with Gasteiger partial charge in [-0.3, -0.25) is 10.1 Å². The van der Waals surface area contributed by atoms with Crippen LogP contribution in [0.2, 0.25) is 0 Å². The number of benzene rings is 1. The van der Waals surface area contributed by atoms with Gasteiger partial charge >= 0.3 is 0 Å². The number of rotatable bonds is 6. The number of nitro benzene ring substituents is 1. The van der Waals surface area contributed by atoms with Gasteiger partial charge in [-0.2, -0.15) is 0 Å². The number of nitrogens with zero attached hydrogens (tertiary/aromatic N) is 1. The number of nitro groups is 1. The molecule has 1 N–H and O–H groups in total. The Bertz CT molecular complexity index is 416. The molecule has 17 heavy (non-hydrogen) atoms. The molecule has 1 aromatic rings. The van der Waals surface area contributed by atoms with Crippen LogP contribution in [0.1, 0.15) is 25.3 Å². The van der Waals surface area contributed by atoms with Crippen LogP contribution in [-0.2, 0) is 0 Å². The van der Waals surface area contributed by atoms with Crippen molar-refractivity contribution in [3.63, 3.8) is 0 Å². The van der Waals surface area contributed by atoms with Crippen LogP contribution in [0.5, 0.6) is 0 Å². The van der Waals surface area contributed by atoms with E-state index in [1.807, 2.05) is 26.0 Å². The lowest BCUT2D eigenvalue weighted by Gasteiger charge is -2.14. The van der Waals surface area contributed by atoms with Gasteiger partial charge in [-0.05, 0) is 38.3 Å². The summed E-state index contributed by atoms with van der Waals surface area (Å²) in [6.07, 6.45) is 3.66. The molecule has 0 aliphatic heterocycles. The number of nitrogens with one attached hydrogen (secondary N) is 1. The van der Waals surface area contributed by atoms with E-state index in [2.05, 4.69) is 11.9 Å². The van der Waals surface area contributed by atoms with Gasteiger partial charge in [0, 0.05) is 12.1 Å². The van der Waals surface area contributed by atoms with Gasteiger partial charge in [-0.1, -0.05) is 12.1 Å². The molecular formula is C13H18N2O2. The summed E-state index contributed by atoms with van der Waals surface area (Å²) in [5, 5.41) is 14.1. The Morgan fingerprint density at radius 1 is 1.59 bits per heavy atom. The maximum Gasteiger partial charge on any atom is 0.292 e. The molecule has 1 unspecified atom stereocenters. The molecule has 0 bridgehead atoms. The molecule has 0 spiro atoms. The third-order valence-electron chi connectivity index (χ3n) is 2.56. The molecule has 0 fully saturated rings. The highest BCUT2D eigenvalue weighted by molar-refractivity contribution is 5.62. The van der Waals surface area contributed by atoms with Crippen LogP contribution >= 0.6 is 0 Å². The van der Waals surface area contributed by atoms with Gasteiger partial charge in [0.1, 0.15) is 5.69 Å². The first-order valence-electron chi connectivity index (χ1n) is 5.67. The van der Waals surface area contributed by atoms with Crippen molar-refractivity contribution in [2.75, 3.05) is 5.32 Å². The normalized spacial score (nSPS) is 11.9. The summed E-state index contributed by atoms with van der Waals surface area (Å²) in [5.74, 6) is 0. The highest BCUT2D eigenvalue weighted by Crippen LogP contribution is 2.26. The first-order valence-corrected chi connectivity index (χ1v) is 5.67. The largest absolute Gasteiger partial charge is 0.377 e. The Labute approximate surface area is 101 Å². The van der Waals surface area contributed by atoms with Gasteiger partial charge in [0.15, 0.2) is 0 Å². The smallest absolute Gasteiger partial charge is 0.292 e. The Morgan fingerprint density at radius 3 is 2.88 bits per heavy atom. The zero-order valence-corrected chi connectivity index (χ0v) is 10.3. The van der Waals surface area contributed by atoms with E-state index in [4.69, 9.17) is 0 Å². The minimum atomic E-state index is -0.352. The van der Waals surface area contributed by atoms with Crippen molar-refractivity contribution < 1.29 is 4.92 Å². The zero-order chi connectivity index (χ0) is 12.8. The average Bonchev–Trinajstić information content (AvgIpc) is 2.28. The monoisotopic (exact) mass is 234 g/mol. The van der Waals surface area contributed by atoms with Crippen LogP contribution in [-0.4, -0.2) is 11.0 Å². The molecule has 92 valence electrons. The molecule has 1 rings (SSSR count). The number of hydrogen-bond donors (Lipinski definition) is 1. The van der Waals surface area contributed by atoms with E-state index in [0.29, 0.717) is 5.69 Å². The summed E-state index contributed by atoms with van der Waals surface area (Å²) >= 11 is 0. The first kappa shape index (κ1) is 13.2. The number of anilines is 1. The maximum absolute atomic E-state index is 10.9. The van der Waals surface area contributed by atoms with Crippen LogP contribution in [0.15, 0.2) is 30.9 Å². The molecule has 4 nitrogen and oxygen atoms in total. The van der Waals surface area contributed by atoms with Crippen molar-refractivity contribution in [3.8, 4) is 0 Å². The van der Waals surface area contributed by atoms with E-state index in [-0.39, 0.29) is 16.7 Å². The van der Waals surface area contributed by atoms with Crippen molar-refractivity contribution in [1.29, 1.82) is 0 Å². The average molecular weight is 234 g/mol. The maximum atomic E-state index is 10.9. The molecule has 0 aromatic heterocycles. The summed E-state index contributed by atoms with van der Waals surface area (Å²) in [7, 11) is 0. The predicted octanol–water partition coefficient (Wildman–Crippen LogP) is 3.67. The molecule has 0 radical (unpaired) electrons. The SMILES string of the molecule is C=CCCC(C)Nc1ccc(C)cc1[N+](=O)[O-]. The molecule has 0 amide bonds. The summed E-state index contributed by atoms with van der Waals surface area (Å²) < 4.78 is 0. The van der Waals surface area contributed by atoms with Crippen LogP contribution in [0.3, 0.4) is 0 Å². The Morgan fingerprint density at radius 2 is 2.29 bits per heavy atom. The highest BCUT2D eigenvalue weighted by Gasteiger charge is 2.14. The third kappa shape index (κ3) is 3.90. The molecule has 0 heterocycles.